The van der Waals surface area contributed by atoms with Gasteiger partial charge in [0, 0.05) is 39.1 Å². The van der Waals surface area contributed by atoms with Crippen molar-refractivity contribution in [1.29, 1.82) is 0 Å². The van der Waals surface area contributed by atoms with Crippen LogP contribution in [0.3, 0.4) is 0 Å². The van der Waals surface area contributed by atoms with Crippen molar-refractivity contribution in [3.05, 3.63) is 59.7 Å². The molecule has 1 saturated heterocycles. The number of oxime groups is 1. The molecule has 28 heavy (non-hydrogen) atoms. The molecule has 6 heteroatoms. The van der Waals surface area contributed by atoms with Gasteiger partial charge in [0.05, 0.1) is 5.71 Å². The van der Waals surface area contributed by atoms with Crippen molar-refractivity contribution in [3.8, 4) is 11.1 Å². The predicted octanol–water partition coefficient (Wildman–Crippen LogP) is 2.08. The minimum absolute atomic E-state index is 0.425. The van der Waals surface area contributed by atoms with Gasteiger partial charge in [-0.3, -0.25) is 9.69 Å². The summed E-state index contributed by atoms with van der Waals surface area (Å²) in [6.07, 6.45) is -0.228. The van der Waals surface area contributed by atoms with E-state index in [0.717, 1.165) is 44.0 Å². The van der Waals surface area contributed by atoms with E-state index in [1.165, 1.54) is 16.7 Å². The lowest BCUT2D eigenvalue weighted by Gasteiger charge is -2.32. The number of amides is 1. The molecule has 2 aromatic carbocycles. The molecule has 0 aliphatic carbocycles. The summed E-state index contributed by atoms with van der Waals surface area (Å²) in [6, 6.07) is 16.9. The van der Waals surface area contributed by atoms with Crippen LogP contribution in [0, 0.1) is 0 Å². The Balaban J connectivity index is 1.50. The summed E-state index contributed by atoms with van der Waals surface area (Å²) in [6.45, 7) is 5.41. The van der Waals surface area contributed by atoms with Gasteiger partial charge in [0.15, 0.2) is 0 Å². The van der Waals surface area contributed by atoms with E-state index in [-0.39, 0.29) is 0 Å². The van der Waals surface area contributed by atoms with Crippen LogP contribution in [0.4, 0.5) is 0 Å². The highest BCUT2D eigenvalue weighted by atomic mass is 16.6. The van der Waals surface area contributed by atoms with E-state index >= 15 is 0 Å². The minimum Gasteiger partial charge on any atom is -0.382 e. The van der Waals surface area contributed by atoms with Crippen molar-refractivity contribution in [2.75, 3.05) is 33.2 Å². The molecule has 6 nitrogen and oxygen atoms in total. The molecule has 146 valence electrons. The van der Waals surface area contributed by atoms with Crippen LogP contribution in [0.25, 0.3) is 11.1 Å². The average molecular weight is 378 g/mol. The molecule has 1 amide bonds. The first-order valence-electron chi connectivity index (χ1n) is 9.72. The van der Waals surface area contributed by atoms with E-state index in [1.807, 2.05) is 12.1 Å². The molecule has 2 aliphatic rings. The first-order chi connectivity index (χ1) is 13.6. The van der Waals surface area contributed by atoms with Crippen LogP contribution < -0.4 is 5.73 Å². The third-order valence-electron chi connectivity index (χ3n) is 5.52. The Labute approximate surface area is 165 Å². The number of carbonyl (C=O) groups is 1. The van der Waals surface area contributed by atoms with E-state index < -0.39 is 12.0 Å². The van der Waals surface area contributed by atoms with Gasteiger partial charge in [-0.2, -0.15) is 0 Å². The van der Waals surface area contributed by atoms with Gasteiger partial charge in [0.25, 0.3) is 5.91 Å². The van der Waals surface area contributed by atoms with Crippen LogP contribution in [0.1, 0.15) is 17.5 Å². The number of hydrogen-bond acceptors (Lipinski definition) is 5. The number of hydrogen-bond donors (Lipinski definition) is 1. The molecule has 0 bridgehead atoms. The third-order valence-corrected chi connectivity index (χ3v) is 5.52. The fraction of sp³-hybridized carbons (Fsp3) is 0.364. The Bertz CT molecular complexity index is 870. The quantitative estimate of drug-likeness (QED) is 0.865. The minimum atomic E-state index is -0.654. The van der Waals surface area contributed by atoms with Crippen LogP contribution >= 0.6 is 0 Å². The van der Waals surface area contributed by atoms with Crippen LogP contribution in [0.15, 0.2) is 53.7 Å². The highest BCUT2D eigenvalue weighted by Gasteiger charge is 2.26. The molecule has 2 N–H and O–H groups in total. The highest BCUT2D eigenvalue weighted by Crippen LogP contribution is 2.26. The summed E-state index contributed by atoms with van der Waals surface area (Å²) < 4.78 is 0. The normalized spacial score (nSPS) is 20.6. The Kier molecular flexibility index (Phi) is 5.41. The van der Waals surface area contributed by atoms with Crippen LogP contribution in [0.5, 0.6) is 0 Å². The molecule has 2 aliphatic heterocycles. The zero-order chi connectivity index (χ0) is 19.5. The molecular formula is C22H26N4O2. The SMILES string of the molecule is CN1CCN(Cc2ccccc2-c2ccc(C3=NOC(C(N)=O)C3)cc2)CC1. The smallest absolute Gasteiger partial charge is 0.261 e. The largest absolute Gasteiger partial charge is 0.382 e. The number of rotatable bonds is 5. The van der Waals surface area contributed by atoms with E-state index in [4.69, 9.17) is 10.6 Å². The summed E-state index contributed by atoms with van der Waals surface area (Å²) in [7, 11) is 2.18. The molecule has 2 aromatic rings. The number of benzene rings is 2. The lowest BCUT2D eigenvalue weighted by Crippen LogP contribution is -2.43. The number of carbonyl (C=O) groups excluding carboxylic acids is 1. The average Bonchev–Trinajstić information content (AvgIpc) is 3.21. The monoisotopic (exact) mass is 378 g/mol. The fourth-order valence-corrected chi connectivity index (χ4v) is 3.73. The molecule has 1 unspecified atom stereocenters. The number of nitrogens with two attached hydrogens (primary N) is 1. The van der Waals surface area contributed by atoms with E-state index in [9.17, 15) is 4.79 Å². The maximum Gasteiger partial charge on any atom is 0.261 e. The van der Waals surface area contributed by atoms with Crippen molar-refractivity contribution in [2.24, 2.45) is 10.9 Å². The molecular weight excluding hydrogens is 352 g/mol. The predicted molar refractivity (Wildman–Crippen MR) is 110 cm³/mol. The summed E-state index contributed by atoms with van der Waals surface area (Å²) in [4.78, 5) is 21.3. The second kappa shape index (κ2) is 8.12. The van der Waals surface area contributed by atoms with Crippen molar-refractivity contribution in [3.63, 3.8) is 0 Å². The van der Waals surface area contributed by atoms with E-state index in [0.29, 0.717) is 6.42 Å². The van der Waals surface area contributed by atoms with Gasteiger partial charge >= 0.3 is 0 Å². The topological polar surface area (TPSA) is 71.2 Å². The van der Waals surface area contributed by atoms with Gasteiger partial charge in [-0.15, -0.1) is 0 Å². The van der Waals surface area contributed by atoms with Crippen molar-refractivity contribution in [2.45, 2.75) is 19.1 Å². The van der Waals surface area contributed by atoms with Gasteiger partial charge < -0.3 is 15.5 Å². The fourth-order valence-electron chi connectivity index (χ4n) is 3.73. The number of piperazine rings is 1. The lowest BCUT2D eigenvalue weighted by molar-refractivity contribution is -0.127. The molecule has 1 fully saturated rings. The number of nitrogens with zero attached hydrogens (tertiary/aromatic N) is 3. The molecule has 0 spiro atoms. The second-order valence-corrected chi connectivity index (χ2v) is 7.55. The van der Waals surface area contributed by atoms with Crippen molar-refractivity contribution >= 4 is 11.6 Å². The maximum absolute atomic E-state index is 11.3. The Hall–Kier alpha value is -2.70. The molecule has 0 radical (unpaired) electrons. The van der Waals surface area contributed by atoms with E-state index in [2.05, 4.69) is 58.4 Å². The summed E-state index contributed by atoms with van der Waals surface area (Å²) >= 11 is 0. The standard InChI is InChI=1S/C22H26N4O2/c1-25-10-12-26(13-11-25)15-18-4-2-3-5-19(18)16-6-8-17(9-7-16)20-14-21(22(23)27)28-24-20/h2-9,21H,10-15H2,1H3,(H2,23,27). The highest BCUT2D eigenvalue weighted by molar-refractivity contribution is 6.04. The first-order valence-corrected chi connectivity index (χ1v) is 9.72. The zero-order valence-corrected chi connectivity index (χ0v) is 16.2. The van der Waals surface area contributed by atoms with Crippen molar-refractivity contribution < 1.29 is 9.63 Å². The van der Waals surface area contributed by atoms with Gasteiger partial charge in [0.1, 0.15) is 0 Å². The molecule has 2 heterocycles. The first kappa shape index (κ1) is 18.7. The number of likely N-dealkylation sites (N-methyl/N-ethyl adjacent to an activating group) is 1. The van der Waals surface area contributed by atoms with Gasteiger partial charge in [0.2, 0.25) is 6.10 Å². The molecule has 4 rings (SSSR count). The lowest BCUT2D eigenvalue weighted by atomic mass is 9.96. The maximum atomic E-state index is 11.3. The Morgan fingerprint density at radius 1 is 1.07 bits per heavy atom. The van der Waals surface area contributed by atoms with Gasteiger partial charge in [-0.05, 0) is 29.3 Å². The summed E-state index contributed by atoms with van der Waals surface area (Å²) in [5, 5.41) is 4.02. The zero-order valence-electron chi connectivity index (χ0n) is 16.2. The summed E-state index contributed by atoms with van der Waals surface area (Å²) in [5.41, 5.74) is 10.8. The van der Waals surface area contributed by atoms with Gasteiger partial charge in [-0.25, -0.2) is 0 Å². The third kappa shape index (κ3) is 4.08. The number of primary amides is 1. The van der Waals surface area contributed by atoms with E-state index in [1.54, 1.807) is 0 Å². The second-order valence-electron chi connectivity index (χ2n) is 7.55. The molecule has 0 aromatic heterocycles. The van der Waals surface area contributed by atoms with Crippen LogP contribution in [0.2, 0.25) is 0 Å². The molecule has 0 saturated carbocycles. The molecule has 1 atom stereocenters. The Morgan fingerprint density at radius 3 is 2.43 bits per heavy atom. The van der Waals surface area contributed by atoms with Crippen molar-refractivity contribution in [1.82, 2.24) is 9.80 Å². The Morgan fingerprint density at radius 2 is 1.75 bits per heavy atom. The van der Waals surface area contributed by atoms with Crippen LogP contribution in [-0.4, -0.2) is 60.7 Å². The van der Waals surface area contributed by atoms with Crippen LogP contribution in [-0.2, 0) is 16.2 Å². The summed E-state index contributed by atoms with van der Waals surface area (Å²) in [5.74, 6) is -0.479. The van der Waals surface area contributed by atoms with Gasteiger partial charge in [-0.1, -0.05) is 53.7 Å².